The highest BCUT2D eigenvalue weighted by Crippen LogP contribution is 2.31. The second-order valence-corrected chi connectivity index (χ2v) is 6.01. The lowest BCUT2D eigenvalue weighted by Crippen LogP contribution is -2.23. The maximum Gasteiger partial charge on any atom is 0.344 e. The van der Waals surface area contributed by atoms with Gasteiger partial charge in [-0.05, 0) is 49.6 Å². The monoisotopic (exact) mass is 355 g/mol. The van der Waals surface area contributed by atoms with Crippen molar-refractivity contribution in [1.82, 2.24) is 0 Å². The fraction of sp³-hybridized carbons (Fsp3) is 0.333. The van der Waals surface area contributed by atoms with Crippen LogP contribution in [0.4, 0.5) is 5.69 Å². The summed E-state index contributed by atoms with van der Waals surface area (Å²) < 4.78 is 10.9. The molecule has 0 aliphatic carbocycles. The molecule has 0 aliphatic heterocycles. The molecule has 5 nitrogen and oxygen atoms in total. The number of carboxylic acids is 1. The molecule has 0 saturated heterocycles. The lowest BCUT2D eigenvalue weighted by Gasteiger charge is -2.15. The lowest BCUT2D eigenvalue weighted by atomic mass is 10.1. The van der Waals surface area contributed by atoms with Gasteiger partial charge in [-0.2, -0.15) is 0 Å². The zero-order valence-corrected chi connectivity index (χ0v) is 15.4. The summed E-state index contributed by atoms with van der Waals surface area (Å²) >= 11 is 0. The number of unbranched alkanes of at least 4 members (excludes halogenated alkanes) is 1. The Labute approximate surface area is 154 Å². The van der Waals surface area contributed by atoms with E-state index in [1.165, 1.54) is 32.4 Å². The number of rotatable bonds is 9. The number of aryl methyl sites for hydroxylation is 1. The van der Waals surface area contributed by atoms with Crippen molar-refractivity contribution in [3.63, 3.8) is 0 Å². The molecule has 0 saturated carbocycles. The number of aliphatic carboxylic acids is 1. The number of hydrogen-bond acceptors (Lipinski definition) is 4. The van der Waals surface area contributed by atoms with Crippen LogP contribution in [0.2, 0.25) is 0 Å². The van der Waals surface area contributed by atoms with E-state index in [4.69, 9.17) is 14.6 Å². The number of para-hydroxylation sites is 1. The van der Waals surface area contributed by atoms with Gasteiger partial charge in [-0.3, -0.25) is 4.99 Å². The largest absolute Gasteiger partial charge is 0.493 e. The Bertz CT molecular complexity index is 753. The predicted octanol–water partition coefficient (Wildman–Crippen LogP) is 4.64. The molecule has 0 aromatic heterocycles. The van der Waals surface area contributed by atoms with Crippen LogP contribution in [0.5, 0.6) is 11.5 Å². The Hall–Kier alpha value is -2.82. The second-order valence-electron chi connectivity index (χ2n) is 6.01. The Balaban J connectivity index is 2.22. The van der Waals surface area contributed by atoms with Gasteiger partial charge >= 0.3 is 5.97 Å². The molecular formula is C21H25NO4. The van der Waals surface area contributed by atoms with Gasteiger partial charge in [0.05, 0.1) is 12.8 Å². The fourth-order valence-electron chi connectivity index (χ4n) is 2.42. The molecule has 2 aromatic rings. The minimum absolute atomic E-state index is 0.369. The molecule has 0 fully saturated rings. The van der Waals surface area contributed by atoms with Gasteiger partial charge in [-0.1, -0.05) is 31.5 Å². The Morgan fingerprint density at radius 1 is 1.23 bits per heavy atom. The highest BCUT2D eigenvalue weighted by Gasteiger charge is 2.17. The van der Waals surface area contributed by atoms with Crippen molar-refractivity contribution in [1.29, 1.82) is 0 Å². The van der Waals surface area contributed by atoms with Crippen molar-refractivity contribution in [3.05, 3.63) is 53.6 Å². The van der Waals surface area contributed by atoms with Crippen molar-refractivity contribution >= 4 is 17.9 Å². The van der Waals surface area contributed by atoms with Gasteiger partial charge in [0.1, 0.15) is 0 Å². The molecule has 0 unspecified atom stereocenters. The zero-order valence-electron chi connectivity index (χ0n) is 15.4. The van der Waals surface area contributed by atoms with E-state index < -0.39 is 12.1 Å². The SMILES string of the molecule is CCCCc1ccc(N=Cc2cccc(OC)c2O[C@@H](C)C(=O)O)cc1. The molecular weight excluding hydrogens is 330 g/mol. The lowest BCUT2D eigenvalue weighted by molar-refractivity contribution is -0.144. The number of benzene rings is 2. The number of methoxy groups -OCH3 is 1. The van der Waals surface area contributed by atoms with Crippen LogP contribution in [-0.4, -0.2) is 30.5 Å². The number of ether oxygens (including phenoxy) is 2. The van der Waals surface area contributed by atoms with E-state index in [0.29, 0.717) is 17.1 Å². The first-order valence-corrected chi connectivity index (χ1v) is 8.74. The third kappa shape index (κ3) is 5.34. The first-order valence-electron chi connectivity index (χ1n) is 8.74. The van der Waals surface area contributed by atoms with Crippen LogP contribution in [0.15, 0.2) is 47.5 Å². The molecule has 5 heteroatoms. The van der Waals surface area contributed by atoms with Gasteiger partial charge in [-0.25, -0.2) is 4.79 Å². The van der Waals surface area contributed by atoms with E-state index >= 15 is 0 Å². The summed E-state index contributed by atoms with van der Waals surface area (Å²) in [7, 11) is 1.52. The highest BCUT2D eigenvalue weighted by molar-refractivity contribution is 5.87. The molecule has 0 heterocycles. The third-order valence-electron chi connectivity index (χ3n) is 3.98. The number of carbonyl (C=O) groups is 1. The Morgan fingerprint density at radius 3 is 2.58 bits per heavy atom. The van der Waals surface area contributed by atoms with E-state index in [-0.39, 0.29) is 0 Å². The predicted molar refractivity (Wildman–Crippen MR) is 103 cm³/mol. The molecule has 0 amide bonds. The molecule has 0 radical (unpaired) electrons. The maximum absolute atomic E-state index is 11.1. The van der Waals surface area contributed by atoms with Crippen molar-refractivity contribution in [2.75, 3.05) is 7.11 Å². The fourth-order valence-corrected chi connectivity index (χ4v) is 2.42. The average molecular weight is 355 g/mol. The van der Waals surface area contributed by atoms with Crippen LogP contribution < -0.4 is 9.47 Å². The van der Waals surface area contributed by atoms with Gasteiger partial charge in [0.2, 0.25) is 0 Å². The van der Waals surface area contributed by atoms with Crippen LogP contribution >= 0.6 is 0 Å². The van der Waals surface area contributed by atoms with E-state index in [0.717, 1.165) is 12.1 Å². The summed E-state index contributed by atoms with van der Waals surface area (Å²) in [6.45, 7) is 3.66. The molecule has 2 rings (SSSR count). The topological polar surface area (TPSA) is 68.1 Å². The van der Waals surface area contributed by atoms with E-state index in [1.54, 1.807) is 12.3 Å². The van der Waals surface area contributed by atoms with Crippen molar-refractivity contribution < 1.29 is 19.4 Å². The molecule has 0 aliphatic rings. The van der Waals surface area contributed by atoms with Crippen LogP contribution in [0, 0.1) is 0 Å². The summed E-state index contributed by atoms with van der Waals surface area (Å²) in [5, 5.41) is 9.09. The molecule has 0 spiro atoms. The van der Waals surface area contributed by atoms with Gasteiger partial charge in [0.15, 0.2) is 17.6 Å². The van der Waals surface area contributed by atoms with E-state index in [9.17, 15) is 4.79 Å². The zero-order chi connectivity index (χ0) is 18.9. The minimum Gasteiger partial charge on any atom is -0.493 e. The maximum atomic E-state index is 11.1. The molecule has 138 valence electrons. The number of hydrogen-bond donors (Lipinski definition) is 1. The average Bonchev–Trinajstić information content (AvgIpc) is 2.66. The number of aliphatic imine (C=N–C) groups is 1. The summed E-state index contributed by atoms with van der Waals surface area (Å²) in [6, 6.07) is 13.5. The third-order valence-corrected chi connectivity index (χ3v) is 3.98. The van der Waals surface area contributed by atoms with Crippen molar-refractivity contribution in [2.45, 2.75) is 39.2 Å². The van der Waals surface area contributed by atoms with Gasteiger partial charge < -0.3 is 14.6 Å². The van der Waals surface area contributed by atoms with Crippen molar-refractivity contribution in [3.8, 4) is 11.5 Å². The summed E-state index contributed by atoms with van der Waals surface area (Å²) in [5.41, 5.74) is 2.78. The molecule has 0 bridgehead atoms. The van der Waals surface area contributed by atoms with Crippen LogP contribution in [0.1, 0.15) is 37.8 Å². The molecule has 1 N–H and O–H groups in total. The first-order chi connectivity index (χ1) is 12.5. The summed E-state index contributed by atoms with van der Waals surface area (Å²) in [4.78, 5) is 15.6. The molecule has 2 aromatic carbocycles. The van der Waals surface area contributed by atoms with E-state index in [1.807, 2.05) is 24.3 Å². The van der Waals surface area contributed by atoms with Gasteiger partial charge in [0.25, 0.3) is 0 Å². The summed E-state index contributed by atoms with van der Waals surface area (Å²) in [5.74, 6) is -0.202. The number of nitrogens with zero attached hydrogens (tertiary/aromatic N) is 1. The molecule has 1 atom stereocenters. The highest BCUT2D eigenvalue weighted by atomic mass is 16.5. The Morgan fingerprint density at radius 2 is 1.96 bits per heavy atom. The molecule has 26 heavy (non-hydrogen) atoms. The van der Waals surface area contributed by atoms with Crippen molar-refractivity contribution in [2.24, 2.45) is 4.99 Å². The summed E-state index contributed by atoms with van der Waals surface area (Å²) in [6.07, 6.45) is 4.09. The quantitative estimate of drug-likeness (QED) is 0.665. The minimum atomic E-state index is -1.04. The van der Waals surface area contributed by atoms with Gasteiger partial charge in [0, 0.05) is 11.8 Å². The van der Waals surface area contributed by atoms with Crippen LogP contribution in [-0.2, 0) is 11.2 Å². The van der Waals surface area contributed by atoms with E-state index in [2.05, 4.69) is 24.0 Å². The van der Waals surface area contributed by atoms with Gasteiger partial charge in [-0.15, -0.1) is 0 Å². The number of carboxylic acid groups (broad SMARTS) is 1. The first kappa shape index (κ1) is 19.5. The normalized spacial score (nSPS) is 12.1. The second kappa shape index (κ2) is 9.61. The standard InChI is InChI=1S/C21H25NO4/c1-4-5-7-16-10-12-18(13-11-16)22-14-17-8-6-9-19(25-3)20(17)26-15(2)21(23)24/h6,8-15H,4-5,7H2,1-3H3,(H,23,24)/t15-/m0/s1. The van der Waals surface area contributed by atoms with Crippen LogP contribution in [0.3, 0.4) is 0 Å². The van der Waals surface area contributed by atoms with Crippen LogP contribution in [0.25, 0.3) is 0 Å². The Kier molecular flexibility index (Phi) is 7.21. The smallest absolute Gasteiger partial charge is 0.344 e.